The molecule has 0 rings (SSSR count). The van der Waals surface area contributed by atoms with Crippen molar-refractivity contribution in [3.8, 4) is 0 Å². The first-order chi connectivity index (χ1) is 14.6. The fourth-order valence-corrected chi connectivity index (χ4v) is 5.23. The molecule has 0 spiro atoms. The molecule has 0 fully saturated rings. The van der Waals surface area contributed by atoms with E-state index >= 15 is 0 Å². The fraction of sp³-hybridized carbons (Fsp3) is 0.963. The summed E-state index contributed by atoms with van der Waals surface area (Å²) < 4.78 is 11.5. The van der Waals surface area contributed by atoms with Crippen molar-refractivity contribution < 1.29 is 14.0 Å². The van der Waals surface area contributed by atoms with Crippen LogP contribution in [-0.2, 0) is 14.0 Å². The zero-order valence-corrected chi connectivity index (χ0v) is 23.3. The number of hydrogen-bond donors (Lipinski definition) is 0. The van der Waals surface area contributed by atoms with E-state index in [1.54, 1.807) is 0 Å². The van der Waals surface area contributed by atoms with Crippen LogP contribution in [0, 0.1) is 0 Å². The smallest absolute Gasteiger partial charge is 0.305 e. The molecule has 31 heavy (non-hydrogen) atoms. The van der Waals surface area contributed by atoms with Gasteiger partial charge in [0, 0.05) is 12.5 Å². The van der Waals surface area contributed by atoms with Gasteiger partial charge in [0.05, 0.1) is 7.11 Å². The minimum absolute atomic E-state index is 0.0798. The molecule has 3 nitrogen and oxygen atoms in total. The van der Waals surface area contributed by atoms with Crippen LogP contribution in [0.15, 0.2) is 0 Å². The number of methoxy groups -OCH3 is 1. The predicted molar refractivity (Wildman–Crippen MR) is 138 cm³/mol. The molecule has 1 atom stereocenters. The van der Waals surface area contributed by atoms with Crippen molar-refractivity contribution in [1.82, 2.24) is 0 Å². The second-order valence-electron chi connectivity index (χ2n) is 11.0. The van der Waals surface area contributed by atoms with Crippen LogP contribution in [0.2, 0.25) is 18.1 Å². The predicted octanol–water partition coefficient (Wildman–Crippen LogP) is 9.20. The van der Waals surface area contributed by atoms with E-state index < -0.39 is 8.32 Å². The van der Waals surface area contributed by atoms with E-state index in [0.717, 1.165) is 12.8 Å². The van der Waals surface area contributed by atoms with Crippen LogP contribution in [0.5, 0.6) is 0 Å². The molecule has 186 valence electrons. The first-order valence-corrected chi connectivity index (χ1v) is 16.3. The summed E-state index contributed by atoms with van der Waals surface area (Å²) in [6, 6.07) is 0. The van der Waals surface area contributed by atoms with E-state index in [1.807, 2.05) is 0 Å². The quantitative estimate of drug-likeness (QED) is 0.104. The lowest BCUT2D eigenvalue weighted by atomic mass is 10.0. The maximum atomic E-state index is 11.2. The van der Waals surface area contributed by atoms with Crippen LogP contribution in [0.1, 0.15) is 137 Å². The maximum Gasteiger partial charge on any atom is 0.305 e. The molecule has 0 aromatic heterocycles. The Morgan fingerprint density at radius 1 is 0.742 bits per heavy atom. The Labute approximate surface area is 196 Å². The van der Waals surface area contributed by atoms with Gasteiger partial charge in [0.25, 0.3) is 0 Å². The third-order valence-corrected chi connectivity index (χ3v) is 11.6. The lowest BCUT2D eigenvalue weighted by Crippen LogP contribution is -2.44. The van der Waals surface area contributed by atoms with E-state index in [4.69, 9.17) is 9.16 Å². The number of esters is 1. The van der Waals surface area contributed by atoms with Crippen molar-refractivity contribution in [2.75, 3.05) is 7.11 Å². The summed E-state index contributed by atoms with van der Waals surface area (Å²) in [6.07, 6.45) is 21.7. The van der Waals surface area contributed by atoms with E-state index in [0.29, 0.717) is 12.5 Å². The molecule has 0 aromatic carbocycles. The van der Waals surface area contributed by atoms with Gasteiger partial charge in [-0.1, -0.05) is 111 Å². The van der Waals surface area contributed by atoms with Gasteiger partial charge in [-0.3, -0.25) is 4.79 Å². The molecule has 1 unspecified atom stereocenters. The number of unbranched alkanes of at least 4 members (excludes halogenated alkanes) is 12. The van der Waals surface area contributed by atoms with Gasteiger partial charge in [-0.15, -0.1) is 0 Å². The van der Waals surface area contributed by atoms with Crippen molar-refractivity contribution in [3.63, 3.8) is 0 Å². The third kappa shape index (κ3) is 16.9. The van der Waals surface area contributed by atoms with Crippen LogP contribution >= 0.6 is 0 Å². The zero-order chi connectivity index (χ0) is 23.6. The molecule has 4 heteroatoms. The number of ether oxygens (including phenoxy) is 1. The van der Waals surface area contributed by atoms with Gasteiger partial charge in [-0.25, -0.2) is 0 Å². The van der Waals surface area contributed by atoms with Gasteiger partial charge in [0.1, 0.15) is 0 Å². The number of carbonyl (C=O) groups is 1. The summed E-state index contributed by atoms with van der Waals surface area (Å²) in [5, 5.41) is 0.275. The highest BCUT2D eigenvalue weighted by Gasteiger charge is 2.38. The Morgan fingerprint density at radius 2 is 1.16 bits per heavy atom. The highest BCUT2D eigenvalue weighted by molar-refractivity contribution is 6.74. The highest BCUT2D eigenvalue weighted by atomic mass is 28.4. The summed E-state index contributed by atoms with van der Waals surface area (Å²) >= 11 is 0. The van der Waals surface area contributed by atoms with E-state index in [-0.39, 0.29) is 11.0 Å². The van der Waals surface area contributed by atoms with Crippen molar-refractivity contribution in [2.24, 2.45) is 0 Å². The Morgan fingerprint density at radius 3 is 1.58 bits per heavy atom. The summed E-state index contributed by atoms with van der Waals surface area (Å²) in [5.41, 5.74) is 0. The highest BCUT2D eigenvalue weighted by Crippen LogP contribution is 2.38. The van der Waals surface area contributed by atoms with Crippen LogP contribution in [0.3, 0.4) is 0 Å². The second-order valence-corrected chi connectivity index (χ2v) is 15.8. The van der Waals surface area contributed by atoms with E-state index in [2.05, 4.69) is 40.8 Å². The monoisotopic (exact) mass is 456 g/mol. The Bertz CT molecular complexity index is 429. The summed E-state index contributed by atoms with van der Waals surface area (Å²) in [5.74, 6) is -0.0798. The molecule has 0 radical (unpaired) electrons. The topological polar surface area (TPSA) is 35.5 Å². The second kappa shape index (κ2) is 18.1. The fourth-order valence-electron chi connectivity index (χ4n) is 3.81. The van der Waals surface area contributed by atoms with Crippen LogP contribution < -0.4 is 0 Å². The first kappa shape index (κ1) is 30.6. The SMILES string of the molecule is CCCCCCCCCCCC(CCCCCCCC(=O)OC)O[Si](C)(C)C(C)(C)C. The van der Waals surface area contributed by atoms with Crippen molar-refractivity contribution in [2.45, 2.75) is 161 Å². The normalized spacial score (nSPS) is 13.4. The Balaban J connectivity index is 4.19. The molecule has 0 N–H and O–H groups in total. The average Bonchev–Trinajstić information content (AvgIpc) is 2.70. The summed E-state index contributed by atoms with van der Waals surface area (Å²) in [7, 11) is -0.241. The minimum atomic E-state index is -1.71. The Kier molecular flexibility index (Phi) is 17.9. The van der Waals surface area contributed by atoms with Crippen molar-refractivity contribution >= 4 is 14.3 Å². The van der Waals surface area contributed by atoms with Gasteiger partial charge < -0.3 is 9.16 Å². The van der Waals surface area contributed by atoms with E-state index in [9.17, 15) is 4.79 Å². The standard InChI is InChI=1S/C27H56O3Si/c1-8-9-10-11-12-13-14-16-19-22-25(30-31(6,7)27(2,3)4)23-20-17-15-18-21-24-26(28)29-5/h25H,8-24H2,1-7H3. The van der Waals surface area contributed by atoms with Gasteiger partial charge >= 0.3 is 5.97 Å². The molecule has 0 saturated carbocycles. The zero-order valence-electron chi connectivity index (χ0n) is 22.3. The Hall–Kier alpha value is -0.353. The average molecular weight is 457 g/mol. The van der Waals surface area contributed by atoms with Crippen LogP contribution in [-0.4, -0.2) is 27.5 Å². The first-order valence-electron chi connectivity index (χ1n) is 13.4. The third-order valence-electron chi connectivity index (χ3n) is 7.03. The summed E-state index contributed by atoms with van der Waals surface area (Å²) in [6.45, 7) is 14.1. The molecule has 0 heterocycles. The summed E-state index contributed by atoms with van der Waals surface area (Å²) in [4.78, 5) is 11.2. The van der Waals surface area contributed by atoms with Crippen molar-refractivity contribution in [1.29, 1.82) is 0 Å². The van der Waals surface area contributed by atoms with Crippen molar-refractivity contribution in [3.05, 3.63) is 0 Å². The molecule has 0 aliphatic rings. The molecule has 0 aliphatic heterocycles. The molecule has 0 bridgehead atoms. The molecule has 0 aromatic rings. The van der Waals surface area contributed by atoms with Crippen LogP contribution in [0.25, 0.3) is 0 Å². The lowest BCUT2D eigenvalue weighted by molar-refractivity contribution is -0.140. The maximum absolute atomic E-state index is 11.2. The number of rotatable bonds is 20. The van der Waals surface area contributed by atoms with E-state index in [1.165, 1.54) is 97.0 Å². The van der Waals surface area contributed by atoms with Gasteiger partial charge in [0.15, 0.2) is 8.32 Å². The molecule has 0 aliphatic carbocycles. The molecule has 0 amide bonds. The molecule has 0 saturated heterocycles. The minimum Gasteiger partial charge on any atom is -0.469 e. The molecular formula is C27H56O3Si. The van der Waals surface area contributed by atoms with Gasteiger partial charge in [-0.2, -0.15) is 0 Å². The van der Waals surface area contributed by atoms with Gasteiger partial charge in [-0.05, 0) is 37.4 Å². The largest absolute Gasteiger partial charge is 0.469 e. The number of carbonyl (C=O) groups excluding carboxylic acids is 1. The van der Waals surface area contributed by atoms with Gasteiger partial charge in [0.2, 0.25) is 0 Å². The van der Waals surface area contributed by atoms with Crippen LogP contribution in [0.4, 0.5) is 0 Å². The molecular weight excluding hydrogens is 400 g/mol. The lowest BCUT2D eigenvalue weighted by Gasteiger charge is -2.39. The number of hydrogen-bond acceptors (Lipinski definition) is 3.